The van der Waals surface area contributed by atoms with Crippen molar-refractivity contribution in [2.45, 2.75) is 19.5 Å². The van der Waals surface area contributed by atoms with E-state index in [1.165, 1.54) is 41.3 Å². The third-order valence-corrected chi connectivity index (χ3v) is 7.30. The van der Waals surface area contributed by atoms with Crippen LogP contribution in [0.5, 0.6) is 0 Å². The van der Waals surface area contributed by atoms with Crippen molar-refractivity contribution < 1.29 is 21.6 Å². The number of anilines is 1. The van der Waals surface area contributed by atoms with Crippen molar-refractivity contribution >= 4 is 38.7 Å². The highest BCUT2D eigenvalue weighted by Gasteiger charge is 2.28. The average Bonchev–Trinajstić information content (AvgIpc) is 3.37. The maximum absolute atomic E-state index is 14.8. The molecule has 0 amide bonds. The van der Waals surface area contributed by atoms with Gasteiger partial charge >= 0.3 is 0 Å². The quantitative estimate of drug-likeness (QED) is 0.233. The lowest BCUT2D eigenvalue weighted by atomic mass is 9.99. The van der Waals surface area contributed by atoms with Crippen molar-refractivity contribution in [3.8, 4) is 22.4 Å². The van der Waals surface area contributed by atoms with Crippen LogP contribution in [0, 0.1) is 11.6 Å². The van der Waals surface area contributed by atoms with Gasteiger partial charge in [0.15, 0.2) is 5.65 Å². The van der Waals surface area contributed by atoms with Crippen molar-refractivity contribution in [3.63, 3.8) is 0 Å². The third-order valence-electron chi connectivity index (χ3n) is 6.89. The Morgan fingerprint density at radius 2 is 1.76 bits per heavy atom. The van der Waals surface area contributed by atoms with Gasteiger partial charge < -0.3 is 10.2 Å². The number of nitrogens with one attached hydrogen (secondary N) is 1. The predicted octanol–water partition coefficient (Wildman–Crippen LogP) is 4.35. The molecular formula is C29H22F2N6O4S. The van der Waals surface area contributed by atoms with Crippen molar-refractivity contribution in [1.29, 1.82) is 0 Å². The van der Waals surface area contributed by atoms with Crippen LogP contribution in [0.15, 0.2) is 82.3 Å². The molecule has 1 atom stereocenters. The number of benzene rings is 3. The summed E-state index contributed by atoms with van der Waals surface area (Å²) >= 11 is 0. The number of nitrogen functional groups attached to an aromatic ring is 1. The van der Waals surface area contributed by atoms with E-state index in [2.05, 4.69) is 14.7 Å². The highest BCUT2D eigenvalue weighted by Crippen LogP contribution is 2.36. The van der Waals surface area contributed by atoms with E-state index in [1.807, 2.05) is 0 Å². The molecule has 3 N–H and O–H groups in total. The zero-order chi connectivity index (χ0) is 29.5. The molecule has 42 heavy (non-hydrogen) atoms. The first-order valence-electron chi connectivity index (χ1n) is 12.7. The summed E-state index contributed by atoms with van der Waals surface area (Å²) in [4.78, 5) is 22.3. The third kappa shape index (κ3) is 4.78. The van der Waals surface area contributed by atoms with E-state index < -0.39 is 34.0 Å². The SMILES string of the molecule is CC(c1oc2cccc(F)c2c(=O)c1-c1cccc(F)c1)n1nc(-c2cccc(CN[SH](=O)=O)c2)c2c(N)ncnc21. The van der Waals surface area contributed by atoms with Crippen LogP contribution in [-0.4, -0.2) is 28.2 Å². The summed E-state index contributed by atoms with van der Waals surface area (Å²) < 4.78 is 61.3. The fraction of sp³-hybridized carbons (Fsp3) is 0.103. The fourth-order valence-electron chi connectivity index (χ4n) is 4.99. The van der Waals surface area contributed by atoms with Gasteiger partial charge in [-0.25, -0.2) is 36.6 Å². The largest absolute Gasteiger partial charge is 0.458 e. The van der Waals surface area contributed by atoms with Gasteiger partial charge in [-0.2, -0.15) is 5.10 Å². The molecule has 0 aliphatic heterocycles. The summed E-state index contributed by atoms with van der Waals surface area (Å²) in [6, 6.07) is 15.7. The zero-order valence-electron chi connectivity index (χ0n) is 21.9. The molecule has 10 nitrogen and oxygen atoms in total. The Kier molecular flexibility index (Phi) is 6.96. The first-order chi connectivity index (χ1) is 20.2. The Bertz CT molecular complexity index is 2140. The molecule has 0 aliphatic carbocycles. The number of thiol groups is 1. The molecule has 6 aromatic rings. The number of rotatable bonds is 7. The molecule has 3 heterocycles. The number of halogens is 2. The number of aromatic nitrogens is 4. The fourth-order valence-corrected chi connectivity index (χ4v) is 5.30. The number of fused-ring (bicyclic) bond motifs is 2. The molecular weight excluding hydrogens is 566 g/mol. The van der Waals surface area contributed by atoms with Gasteiger partial charge in [-0.1, -0.05) is 36.4 Å². The van der Waals surface area contributed by atoms with Crippen LogP contribution in [0.1, 0.15) is 24.3 Å². The Morgan fingerprint density at radius 3 is 2.55 bits per heavy atom. The summed E-state index contributed by atoms with van der Waals surface area (Å²) in [7, 11) is -2.79. The molecule has 6 rings (SSSR count). The predicted molar refractivity (Wildman–Crippen MR) is 154 cm³/mol. The lowest BCUT2D eigenvalue weighted by molar-refractivity contribution is 0.445. The second-order valence-electron chi connectivity index (χ2n) is 9.51. The second kappa shape index (κ2) is 10.8. The van der Waals surface area contributed by atoms with Crippen LogP contribution >= 0.6 is 0 Å². The Balaban J connectivity index is 1.59. The van der Waals surface area contributed by atoms with E-state index in [4.69, 9.17) is 15.2 Å². The molecule has 0 spiro atoms. The molecule has 3 aromatic heterocycles. The molecule has 0 saturated carbocycles. The smallest absolute Gasteiger partial charge is 0.203 e. The van der Waals surface area contributed by atoms with E-state index in [1.54, 1.807) is 37.3 Å². The summed E-state index contributed by atoms with van der Waals surface area (Å²) in [6.07, 6.45) is 1.27. The minimum Gasteiger partial charge on any atom is -0.458 e. The molecule has 0 bridgehead atoms. The molecule has 212 valence electrons. The summed E-state index contributed by atoms with van der Waals surface area (Å²) in [6.45, 7) is 1.79. The van der Waals surface area contributed by atoms with Gasteiger partial charge in [0, 0.05) is 12.1 Å². The molecule has 0 radical (unpaired) electrons. The van der Waals surface area contributed by atoms with Crippen molar-refractivity contribution in [2.24, 2.45) is 0 Å². The monoisotopic (exact) mass is 588 g/mol. The van der Waals surface area contributed by atoms with Gasteiger partial charge in [0.05, 0.1) is 10.9 Å². The lowest BCUT2D eigenvalue weighted by Crippen LogP contribution is -2.17. The van der Waals surface area contributed by atoms with E-state index in [9.17, 15) is 22.0 Å². The van der Waals surface area contributed by atoms with Gasteiger partial charge in [-0.05, 0) is 48.4 Å². The molecule has 3 aromatic carbocycles. The normalized spacial score (nSPS) is 12.4. The standard InChI is InChI=1S/C29H22F2N6O4S/c1-15(27-22(17-6-3-8-19(30)12-17)26(38)23-20(31)9-4-10-21(23)41-27)37-29-24(28(32)33-14-34-29)25(36-37)18-7-2-5-16(11-18)13-35-42(39)40/h2-12,14-15,42H,13H2,1H3,(H2,32,33,34)(H,35,39,40). The van der Waals surface area contributed by atoms with Crippen LogP contribution in [0.25, 0.3) is 44.4 Å². The minimum absolute atomic E-state index is 0.0183. The maximum Gasteiger partial charge on any atom is 0.203 e. The first kappa shape index (κ1) is 27.2. The van der Waals surface area contributed by atoms with Crippen LogP contribution in [0.4, 0.5) is 14.6 Å². The minimum atomic E-state index is -2.79. The summed E-state index contributed by atoms with van der Waals surface area (Å²) in [5, 5.41) is 4.96. The van der Waals surface area contributed by atoms with Gasteiger partial charge in [0.1, 0.15) is 52.2 Å². The number of hydrogen-bond donors (Lipinski definition) is 3. The van der Waals surface area contributed by atoms with E-state index >= 15 is 0 Å². The molecule has 0 aliphatic rings. The van der Waals surface area contributed by atoms with Crippen LogP contribution in [0.3, 0.4) is 0 Å². The van der Waals surface area contributed by atoms with Crippen molar-refractivity contribution in [3.05, 3.63) is 106 Å². The van der Waals surface area contributed by atoms with Gasteiger partial charge in [0.25, 0.3) is 0 Å². The Morgan fingerprint density at radius 1 is 1.00 bits per heavy atom. The summed E-state index contributed by atoms with van der Waals surface area (Å²) in [5.74, 6) is -1.09. The highest BCUT2D eigenvalue weighted by molar-refractivity contribution is 7.70. The van der Waals surface area contributed by atoms with Gasteiger partial charge in [-0.15, -0.1) is 0 Å². The number of nitrogens with two attached hydrogens (primary N) is 1. The maximum atomic E-state index is 14.8. The van der Waals surface area contributed by atoms with Crippen LogP contribution in [-0.2, 0) is 17.4 Å². The Labute approximate surface area is 238 Å². The Hall–Kier alpha value is -5.01. The van der Waals surface area contributed by atoms with Crippen LogP contribution < -0.4 is 15.9 Å². The molecule has 0 saturated heterocycles. The van der Waals surface area contributed by atoms with E-state index in [0.29, 0.717) is 27.9 Å². The van der Waals surface area contributed by atoms with Crippen molar-refractivity contribution in [2.75, 3.05) is 5.73 Å². The molecule has 13 heteroatoms. The summed E-state index contributed by atoms with van der Waals surface area (Å²) in [5.41, 5.74) is 7.84. The first-order valence-corrected chi connectivity index (χ1v) is 13.9. The highest BCUT2D eigenvalue weighted by atomic mass is 32.2. The van der Waals surface area contributed by atoms with Crippen LogP contribution in [0.2, 0.25) is 0 Å². The van der Waals surface area contributed by atoms with Gasteiger partial charge in [-0.3, -0.25) is 4.79 Å². The zero-order valence-corrected chi connectivity index (χ0v) is 22.8. The number of hydrogen-bond acceptors (Lipinski definition) is 8. The second-order valence-corrected chi connectivity index (χ2v) is 10.3. The lowest BCUT2D eigenvalue weighted by Gasteiger charge is -2.17. The van der Waals surface area contributed by atoms with Gasteiger partial charge in [0.2, 0.25) is 16.3 Å². The van der Waals surface area contributed by atoms with E-state index in [0.717, 1.165) is 6.07 Å². The average molecular weight is 589 g/mol. The molecule has 1 unspecified atom stereocenters. The molecule has 0 fully saturated rings. The van der Waals surface area contributed by atoms with E-state index in [-0.39, 0.29) is 40.2 Å². The topological polar surface area (TPSA) is 146 Å². The van der Waals surface area contributed by atoms with Crippen molar-refractivity contribution in [1.82, 2.24) is 24.5 Å². The number of nitrogens with zero attached hydrogens (tertiary/aromatic N) is 4.